The van der Waals surface area contributed by atoms with Crippen LogP contribution in [0.2, 0.25) is 0 Å². The highest BCUT2D eigenvalue weighted by atomic mass is 19.4. The topological polar surface area (TPSA) is 128 Å². The molecule has 1 fully saturated rings. The second kappa shape index (κ2) is 15.5. The molecule has 0 aliphatic carbocycles. The molecule has 1 aliphatic rings. The van der Waals surface area contributed by atoms with Gasteiger partial charge < -0.3 is 23.6 Å². The van der Waals surface area contributed by atoms with Gasteiger partial charge >= 0.3 is 18.4 Å². The van der Waals surface area contributed by atoms with Crippen molar-refractivity contribution in [3.05, 3.63) is 29.7 Å². The number of rotatable bonds is 10. The number of aliphatic imine (C=N–C) groups is 1. The normalized spacial score (nSPS) is 17.0. The van der Waals surface area contributed by atoms with Crippen LogP contribution in [0.25, 0.3) is 11.4 Å². The monoisotopic (exact) mass is 689 g/mol. The van der Waals surface area contributed by atoms with Crippen LogP contribution < -0.4 is 10.1 Å². The van der Waals surface area contributed by atoms with Crippen LogP contribution in [-0.4, -0.2) is 63.5 Å². The zero-order chi connectivity index (χ0) is 35.9. The fourth-order valence-corrected chi connectivity index (χ4v) is 4.76. The lowest BCUT2D eigenvalue weighted by Gasteiger charge is -2.27. The maximum Gasteiger partial charge on any atom is 0.437 e. The molecule has 2 heterocycles. The summed E-state index contributed by atoms with van der Waals surface area (Å²) < 4.78 is 92.9. The van der Waals surface area contributed by atoms with Crippen molar-refractivity contribution in [2.75, 3.05) is 13.2 Å². The maximum atomic E-state index is 14.9. The molecule has 0 bridgehead atoms. The van der Waals surface area contributed by atoms with Gasteiger partial charge in [-0.3, -0.25) is 5.32 Å². The Balaban J connectivity index is 1.90. The summed E-state index contributed by atoms with van der Waals surface area (Å²) in [7, 11) is 0. The molecule has 2 aromatic rings. The summed E-state index contributed by atoms with van der Waals surface area (Å²) in [6.45, 7) is 10.6. The van der Waals surface area contributed by atoms with E-state index in [1.54, 1.807) is 41.5 Å². The molecule has 0 radical (unpaired) electrons. The first-order valence-corrected chi connectivity index (χ1v) is 15.8. The first-order chi connectivity index (χ1) is 22.2. The van der Waals surface area contributed by atoms with E-state index in [0.717, 1.165) is 49.1 Å². The molecule has 1 N–H and O–H groups in total. The van der Waals surface area contributed by atoms with Gasteiger partial charge in [-0.1, -0.05) is 44.2 Å². The summed E-state index contributed by atoms with van der Waals surface area (Å²) in [6, 6.07) is 1.81. The summed E-state index contributed by atoms with van der Waals surface area (Å²) in [5.41, 5.74) is -3.15. The van der Waals surface area contributed by atoms with E-state index in [-0.39, 0.29) is 23.7 Å². The molecular weight excluding hydrogens is 645 g/mol. The van der Waals surface area contributed by atoms with Crippen molar-refractivity contribution in [1.82, 2.24) is 20.4 Å². The average Bonchev–Trinajstić information content (AvgIpc) is 3.54. The molecule has 1 aliphatic heterocycles. The number of halogens is 5. The highest BCUT2D eigenvalue weighted by molar-refractivity contribution is 5.99. The Hall–Kier alpha value is -3.98. The summed E-state index contributed by atoms with van der Waals surface area (Å²) in [4.78, 5) is 33.9. The second-order valence-electron chi connectivity index (χ2n) is 13.5. The lowest BCUT2D eigenvalue weighted by atomic mass is 10.1. The Bertz CT molecular complexity index is 1430. The van der Waals surface area contributed by atoms with Crippen LogP contribution in [0.1, 0.15) is 111 Å². The van der Waals surface area contributed by atoms with Gasteiger partial charge in [0.15, 0.2) is 0 Å². The number of ether oxygens (including phenoxy) is 3. The Morgan fingerprint density at radius 1 is 1.02 bits per heavy atom. The van der Waals surface area contributed by atoms with E-state index in [1.807, 2.05) is 0 Å². The zero-order valence-corrected chi connectivity index (χ0v) is 28.3. The molecule has 268 valence electrons. The number of unbranched alkanes of at least 4 members (excludes halogenated alkanes) is 5. The molecule has 0 spiro atoms. The predicted molar refractivity (Wildman–Crippen MR) is 166 cm³/mol. The van der Waals surface area contributed by atoms with E-state index in [1.165, 1.54) is 6.07 Å². The highest BCUT2D eigenvalue weighted by Crippen LogP contribution is 2.42. The van der Waals surface area contributed by atoms with E-state index in [2.05, 4.69) is 27.4 Å². The number of hydrogen-bond donors (Lipinski definition) is 1. The molecule has 16 heteroatoms. The third-order valence-corrected chi connectivity index (χ3v) is 6.77. The number of aromatic nitrogens is 2. The molecule has 11 nitrogen and oxygen atoms in total. The minimum atomic E-state index is -4.77. The smallest absolute Gasteiger partial charge is 0.437 e. The first-order valence-electron chi connectivity index (χ1n) is 15.8. The van der Waals surface area contributed by atoms with E-state index >= 15 is 0 Å². The second-order valence-corrected chi connectivity index (χ2v) is 13.5. The lowest BCUT2D eigenvalue weighted by Crippen LogP contribution is -2.47. The summed E-state index contributed by atoms with van der Waals surface area (Å²) in [6.07, 6.45) is -2.32. The summed E-state index contributed by atoms with van der Waals surface area (Å²) in [5, 5.41) is 5.97. The van der Waals surface area contributed by atoms with E-state index in [4.69, 9.17) is 18.7 Å². The Morgan fingerprint density at radius 3 is 2.29 bits per heavy atom. The number of nitrogens with one attached hydrogen (secondary N) is 1. The highest BCUT2D eigenvalue weighted by Gasteiger charge is 2.50. The molecule has 1 unspecified atom stereocenters. The minimum Gasteiger partial charge on any atom is -0.493 e. The number of guanidine groups is 1. The van der Waals surface area contributed by atoms with Crippen LogP contribution in [0.5, 0.6) is 5.75 Å². The lowest BCUT2D eigenvalue weighted by molar-refractivity contribution is -0.138. The molecule has 48 heavy (non-hydrogen) atoms. The minimum absolute atomic E-state index is 0.102. The third kappa shape index (κ3) is 11.9. The number of alkyl carbamates (subject to hydrolysis) is 1. The van der Waals surface area contributed by atoms with Crippen LogP contribution in [0, 0.1) is 0 Å². The van der Waals surface area contributed by atoms with Gasteiger partial charge in [-0.15, -0.1) is 4.99 Å². The number of hydrogen-bond acceptors (Lipinski definition) is 8. The number of amides is 2. The van der Waals surface area contributed by atoms with Crippen molar-refractivity contribution in [3.8, 4) is 17.1 Å². The molecule has 1 saturated heterocycles. The zero-order valence-electron chi connectivity index (χ0n) is 28.3. The third-order valence-electron chi connectivity index (χ3n) is 6.77. The SMILES string of the molecule is CCCCCCCCOc1ccc(-c2noc(C3CC(F)(F)CN3C(=NC(=O)OC(C)(C)C)NC(=O)OC(C)(C)C)n2)cc1C(F)(F)F. The van der Waals surface area contributed by atoms with Crippen molar-refractivity contribution >= 4 is 18.1 Å². The van der Waals surface area contributed by atoms with Crippen molar-refractivity contribution in [2.45, 2.75) is 123 Å². The van der Waals surface area contributed by atoms with Crippen LogP contribution in [0.3, 0.4) is 0 Å². The fourth-order valence-electron chi connectivity index (χ4n) is 4.76. The summed E-state index contributed by atoms with van der Waals surface area (Å²) >= 11 is 0. The van der Waals surface area contributed by atoms with Crippen molar-refractivity contribution in [3.63, 3.8) is 0 Å². The van der Waals surface area contributed by atoms with Crippen molar-refractivity contribution < 1.29 is 50.3 Å². The molecule has 1 aromatic carbocycles. The van der Waals surface area contributed by atoms with Gasteiger partial charge in [0.25, 0.3) is 5.92 Å². The number of alkyl halides is 5. The number of carbonyl (C=O) groups excluding carboxylic acids is 2. The van der Waals surface area contributed by atoms with E-state index < -0.39 is 71.9 Å². The van der Waals surface area contributed by atoms with Crippen LogP contribution in [0.4, 0.5) is 31.5 Å². The Labute approximate surface area is 276 Å². The number of nitrogens with zero attached hydrogens (tertiary/aromatic N) is 4. The maximum absolute atomic E-state index is 14.9. The molecule has 1 aromatic heterocycles. The van der Waals surface area contributed by atoms with Gasteiger partial charge in [0.2, 0.25) is 17.7 Å². The molecule has 1 atom stereocenters. The van der Waals surface area contributed by atoms with Gasteiger partial charge in [-0.2, -0.15) is 18.2 Å². The molecule has 2 amide bonds. The van der Waals surface area contributed by atoms with E-state index in [9.17, 15) is 31.5 Å². The van der Waals surface area contributed by atoms with Crippen LogP contribution >= 0.6 is 0 Å². The Kier molecular flexibility index (Phi) is 12.4. The van der Waals surface area contributed by atoms with Gasteiger partial charge in [-0.05, 0) is 66.2 Å². The van der Waals surface area contributed by atoms with Gasteiger partial charge in [0.1, 0.15) is 23.0 Å². The van der Waals surface area contributed by atoms with Gasteiger partial charge in [0, 0.05) is 12.0 Å². The largest absolute Gasteiger partial charge is 0.493 e. The van der Waals surface area contributed by atoms with Crippen molar-refractivity contribution in [2.24, 2.45) is 4.99 Å². The molecule has 0 saturated carbocycles. The number of benzene rings is 1. The van der Waals surface area contributed by atoms with E-state index in [0.29, 0.717) is 6.42 Å². The first kappa shape index (κ1) is 38.5. The van der Waals surface area contributed by atoms with Crippen molar-refractivity contribution in [1.29, 1.82) is 0 Å². The molecular formula is C32H44F5N5O6. The summed E-state index contributed by atoms with van der Waals surface area (Å²) in [5.74, 6) is -5.10. The van der Waals surface area contributed by atoms with Crippen LogP contribution in [-0.2, 0) is 15.7 Å². The average molecular weight is 690 g/mol. The van der Waals surface area contributed by atoms with Gasteiger partial charge in [-0.25, -0.2) is 18.4 Å². The number of carbonyl (C=O) groups is 2. The number of likely N-dealkylation sites (tertiary alicyclic amines) is 1. The quantitative estimate of drug-likeness (QED) is 0.113. The standard InChI is InChI=1S/C32H44F5N5O6/c1-8-9-10-11-12-13-16-45-23-15-14-20(17-21(23)32(35,36)37)24-38-25(48-41-24)22-18-31(33,34)19-42(22)26(39-27(43)46-29(2,3)4)40-28(44)47-30(5,6)7/h14-15,17,22H,8-13,16,18-19H2,1-7H3,(H,39,40,43,44). The van der Waals surface area contributed by atoms with Gasteiger partial charge in [0.05, 0.1) is 18.7 Å². The van der Waals surface area contributed by atoms with Crippen LogP contribution in [0.15, 0.2) is 27.7 Å². The fraction of sp³-hybridized carbons (Fsp3) is 0.656. The molecule has 3 rings (SSSR count). The predicted octanol–water partition coefficient (Wildman–Crippen LogP) is 8.69. The Morgan fingerprint density at radius 2 is 1.67 bits per heavy atom.